The third-order valence-electron chi connectivity index (χ3n) is 6.21. The van der Waals surface area contributed by atoms with Crippen LogP contribution in [0.1, 0.15) is 30.1 Å². The van der Waals surface area contributed by atoms with Gasteiger partial charge < -0.3 is 14.6 Å². The Balaban J connectivity index is 1.41. The van der Waals surface area contributed by atoms with Crippen molar-refractivity contribution in [1.29, 1.82) is 0 Å². The Bertz CT molecular complexity index is 1330. The quantitative estimate of drug-likeness (QED) is 0.411. The highest BCUT2D eigenvalue weighted by molar-refractivity contribution is 6.31. The summed E-state index contributed by atoms with van der Waals surface area (Å²) in [6.45, 7) is 3.19. The van der Waals surface area contributed by atoms with Crippen molar-refractivity contribution >= 4 is 34.6 Å². The standard InChI is InChI=1S/C25H23ClFN5O2/c1-15-4-2-11-32(21(15)14-30-25-31-20-8-5-16(26)12-22(20)34-25)24(33)18-7-6-17(27)13-19(18)23-28-9-3-10-29-23/h3,5-10,12-13,15,21H,2,4,11,14H2,1H3,(H,30,31)/t15-,21-/m1/s1. The van der Waals surface area contributed by atoms with Gasteiger partial charge in [-0.05, 0) is 55.2 Å². The maximum Gasteiger partial charge on any atom is 0.295 e. The molecule has 1 aliphatic rings. The van der Waals surface area contributed by atoms with Gasteiger partial charge in [-0.3, -0.25) is 4.79 Å². The van der Waals surface area contributed by atoms with Gasteiger partial charge >= 0.3 is 0 Å². The number of piperidine rings is 1. The molecule has 0 radical (unpaired) electrons. The number of aromatic nitrogens is 3. The first-order chi connectivity index (χ1) is 16.5. The third-order valence-corrected chi connectivity index (χ3v) is 6.44. The number of anilines is 1. The van der Waals surface area contributed by atoms with E-state index in [1.807, 2.05) is 4.90 Å². The topological polar surface area (TPSA) is 84.2 Å². The number of fused-ring (bicyclic) bond motifs is 1. The largest absolute Gasteiger partial charge is 0.424 e. The van der Waals surface area contributed by atoms with E-state index in [4.69, 9.17) is 16.0 Å². The number of amides is 1. The highest BCUT2D eigenvalue weighted by Crippen LogP contribution is 2.29. The summed E-state index contributed by atoms with van der Waals surface area (Å²) in [5.41, 5.74) is 2.06. The van der Waals surface area contributed by atoms with Crippen molar-refractivity contribution in [3.05, 3.63) is 71.3 Å². The zero-order chi connectivity index (χ0) is 23.7. The molecule has 2 atom stereocenters. The summed E-state index contributed by atoms with van der Waals surface area (Å²) in [7, 11) is 0. The van der Waals surface area contributed by atoms with Gasteiger partial charge in [-0.1, -0.05) is 18.5 Å². The molecule has 0 spiro atoms. The van der Waals surface area contributed by atoms with Crippen LogP contribution in [0.25, 0.3) is 22.5 Å². The smallest absolute Gasteiger partial charge is 0.295 e. The number of halogens is 2. The van der Waals surface area contributed by atoms with Crippen molar-refractivity contribution in [3.8, 4) is 11.4 Å². The van der Waals surface area contributed by atoms with Crippen LogP contribution < -0.4 is 5.32 Å². The number of hydrogen-bond acceptors (Lipinski definition) is 6. The van der Waals surface area contributed by atoms with Gasteiger partial charge in [0.25, 0.3) is 11.9 Å². The minimum atomic E-state index is -0.444. The van der Waals surface area contributed by atoms with Crippen LogP contribution in [0, 0.1) is 11.7 Å². The molecule has 9 heteroatoms. The maximum atomic E-state index is 14.1. The van der Waals surface area contributed by atoms with Gasteiger partial charge in [0.05, 0.1) is 11.6 Å². The summed E-state index contributed by atoms with van der Waals surface area (Å²) < 4.78 is 19.9. The van der Waals surface area contributed by atoms with Gasteiger partial charge in [0.2, 0.25) is 0 Å². The summed E-state index contributed by atoms with van der Waals surface area (Å²) in [5, 5.41) is 3.82. The van der Waals surface area contributed by atoms with Crippen molar-refractivity contribution < 1.29 is 13.6 Å². The SMILES string of the molecule is C[C@@H]1CCCN(C(=O)c2ccc(F)cc2-c2ncccn2)[C@@H]1CNc1nc2ccc(Cl)cc2o1. The van der Waals surface area contributed by atoms with Crippen LogP contribution in [0.3, 0.4) is 0 Å². The molecular formula is C25H23ClFN5O2. The van der Waals surface area contributed by atoms with E-state index in [1.165, 1.54) is 18.2 Å². The zero-order valence-electron chi connectivity index (χ0n) is 18.5. The van der Waals surface area contributed by atoms with Gasteiger partial charge in [-0.25, -0.2) is 14.4 Å². The highest BCUT2D eigenvalue weighted by atomic mass is 35.5. The van der Waals surface area contributed by atoms with Crippen LogP contribution >= 0.6 is 11.6 Å². The number of carbonyl (C=O) groups is 1. The van der Waals surface area contributed by atoms with Crippen LogP contribution in [-0.4, -0.2) is 44.9 Å². The summed E-state index contributed by atoms with van der Waals surface area (Å²) in [6.07, 6.45) is 5.04. The van der Waals surface area contributed by atoms with E-state index in [9.17, 15) is 9.18 Å². The molecule has 7 nitrogen and oxygen atoms in total. The third kappa shape index (κ3) is 4.46. The molecule has 1 saturated heterocycles. The first kappa shape index (κ1) is 22.3. The van der Waals surface area contributed by atoms with E-state index < -0.39 is 5.82 Å². The number of nitrogens with one attached hydrogen (secondary N) is 1. The molecule has 0 unspecified atom stereocenters. The predicted molar refractivity (Wildman–Crippen MR) is 128 cm³/mol. The van der Waals surface area contributed by atoms with E-state index in [1.54, 1.807) is 36.7 Å². The fourth-order valence-electron chi connectivity index (χ4n) is 4.46. The van der Waals surface area contributed by atoms with Crippen molar-refractivity contribution in [1.82, 2.24) is 19.9 Å². The zero-order valence-corrected chi connectivity index (χ0v) is 19.3. The molecule has 3 heterocycles. The van der Waals surface area contributed by atoms with Gasteiger partial charge in [-0.2, -0.15) is 4.98 Å². The second-order valence-corrected chi connectivity index (χ2v) is 8.90. The van der Waals surface area contributed by atoms with Crippen LogP contribution in [0.15, 0.2) is 59.3 Å². The Kier molecular flexibility index (Phi) is 6.15. The molecule has 4 aromatic rings. The second-order valence-electron chi connectivity index (χ2n) is 8.46. The Hall–Kier alpha value is -3.52. The maximum absolute atomic E-state index is 14.1. The fourth-order valence-corrected chi connectivity index (χ4v) is 4.62. The molecule has 1 aliphatic heterocycles. The van der Waals surface area contributed by atoms with Crippen molar-refractivity contribution in [3.63, 3.8) is 0 Å². The van der Waals surface area contributed by atoms with Gasteiger partial charge in [0.15, 0.2) is 11.4 Å². The van der Waals surface area contributed by atoms with Crippen LogP contribution in [-0.2, 0) is 0 Å². The lowest BCUT2D eigenvalue weighted by Gasteiger charge is -2.40. The first-order valence-electron chi connectivity index (χ1n) is 11.2. The van der Waals surface area contributed by atoms with Crippen molar-refractivity contribution in [2.45, 2.75) is 25.8 Å². The van der Waals surface area contributed by atoms with E-state index >= 15 is 0 Å². The summed E-state index contributed by atoms with van der Waals surface area (Å²) in [6, 6.07) is 11.4. The lowest BCUT2D eigenvalue weighted by atomic mass is 9.89. The minimum Gasteiger partial charge on any atom is -0.424 e. The van der Waals surface area contributed by atoms with E-state index in [-0.39, 0.29) is 17.9 Å². The van der Waals surface area contributed by atoms with E-state index in [0.29, 0.717) is 52.2 Å². The summed E-state index contributed by atoms with van der Waals surface area (Å²) >= 11 is 6.04. The number of rotatable bonds is 5. The average Bonchev–Trinajstić information content (AvgIpc) is 3.25. The highest BCUT2D eigenvalue weighted by Gasteiger charge is 2.33. The van der Waals surface area contributed by atoms with E-state index in [2.05, 4.69) is 27.2 Å². The number of carbonyl (C=O) groups excluding carboxylic acids is 1. The number of hydrogen-bond donors (Lipinski definition) is 1. The average molecular weight is 480 g/mol. The number of oxazole rings is 1. The molecular weight excluding hydrogens is 457 g/mol. The molecule has 174 valence electrons. The molecule has 2 aromatic carbocycles. The van der Waals surface area contributed by atoms with Crippen LogP contribution in [0.5, 0.6) is 0 Å². The minimum absolute atomic E-state index is 0.102. The Morgan fingerprint density at radius 1 is 1.24 bits per heavy atom. The molecule has 0 saturated carbocycles. The first-order valence-corrected chi connectivity index (χ1v) is 11.6. The monoisotopic (exact) mass is 479 g/mol. The molecule has 34 heavy (non-hydrogen) atoms. The normalized spacial score (nSPS) is 18.3. The van der Waals surface area contributed by atoms with Crippen molar-refractivity contribution in [2.24, 2.45) is 5.92 Å². The molecule has 1 fully saturated rings. The molecule has 1 amide bonds. The van der Waals surface area contributed by atoms with Gasteiger partial charge in [0.1, 0.15) is 11.3 Å². The molecule has 1 N–H and O–H groups in total. The van der Waals surface area contributed by atoms with E-state index in [0.717, 1.165) is 12.8 Å². The number of nitrogens with zero attached hydrogens (tertiary/aromatic N) is 4. The predicted octanol–water partition coefficient (Wildman–Crippen LogP) is 5.43. The Morgan fingerprint density at radius 2 is 2.06 bits per heavy atom. The molecule has 2 aromatic heterocycles. The van der Waals surface area contributed by atoms with Crippen LogP contribution in [0.4, 0.5) is 10.4 Å². The number of benzene rings is 2. The van der Waals surface area contributed by atoms with Gasteiger partial charge in [-0.15, -0.1) is 0 Å². The Labute approximate surface area is 201 Å². The number of likely N-dealkylation sites (tertiary alicyclic amines) is 1. The second kappa shape index (κ2) is 9.38. The van der Waals surface area contributed by atoms with Gasteiger partial charge in [0, 0.05) is 42.1 Å². The lowest BCUT2D eigenvalue weighted by molar-refractivity contribution is 0.0540. The van der Waals surface area contributed by atoms with Crippen molar-refractivity contribution in [2.75, 3.05) is 18.4 Å². The lowest BCUT2D eigenvalue weighted by Crippen LogP contribution is -2.51. The summed E-state index contributed by atoms with van der Waals surface area (Å²) in [4.78, 5) is 28.5. The summed E-state index contributed by atoms with van der Waals surface area (Å²) in [5.74, 6) is -0.0541. The fraction of sp³-hybridized carbons (Fsp3) is 0.280. The molecule has 5 rings (SSSR count). The van der Waals surface area contributed by atoms with Crippen LogP contribution in [0.2, 0.25) is 5.02 Å². The molecule has 0 bridgehead atoms. The Morgan fingerprint density at radius 3 is 2.88 bits per heavy atom. The molecule has 0 aliphatic carbocycles.